The van der Waals surface area contributed by atoms with Gasteiger partial charge in [0.1, 0.15) is 17.2 Å². The van der Waals surface area contributed by atoms with E-state index in [-0.39, 0.29) is 6.42 Å². The van der Waals surface area contributed by atoms with Crippen LogP contribution >= 0.6 is 9.47 Å². The lowest BCUT2D eigenvalue weighted by Crippen LogP contribution is -2.15. The summed E-state index contributed by atoms with van der Waals surface area (Å²) in [5, 5.41) is 10.2. The predicted octanol–water partition coefficient (Wildman–Crippen LogP) is 2.10. The van der Waals surface area contributed by atoms with Gasteiger partial charge in [0.2, 0.25) is 0 Å². The van der Waals surface area contributed by atoms with Crippen LogP contribution < -0.4 is 14.2 Å². The van der Waals surface area contributed by atoms with Crippen molar-refractivity contribution in [2.75, 3.05) is 27.9 Å². The Balaban J connectivity index is 2.86. The molecule has 0 aliphatic carbocycles. The largest absolute Gasteiger partial charge is 0.496 e. The first kappa shape index (κ1) is 18.5. The zero-order valence-electron chi connectivity index (χ0n) is 13.0. The number of hydrogen-bond acceptors (Lipinski definition) is 6. The van der Waals surface area contributed by atoms with Crippen molar-refractivity contribution in [3.05, 3.63) is 17.7 Å². The number of hydrogen-bond donors (Lipinski definition) is 1. The number of carboxylic acids is 1. The molecule has 0 amide bonds. The molecule has 0 bridgehead atoms. The number of benzene rings is 1. The maximum Gasteiger partial charge on any atom is 0.303 e. The fourth-order valence-electron chi connectivity index (χ4n) is 1.87. The third-order valence-electron chi connectivity index (χ3n) is 2.95. The maximum absolute atomic E-state index is 10.5. The van der Waals surface area contributed by atoms with Gasteiger partial charge in [0, 0.05) is 35.1 Å². The van der Waals surface area contributed by atoms with E-state index in [9.17, 15) is 4.79 Å². The highest BCUT2D eigenvalue weighted by Crippen LogP contribution is 2.35. The summed E-state index contributed by atoms with van der Waals surface area (Å²) in [5.41, 5.74) is 0.827. The molecule has 8 heteroatoms. The molecule has 1 unspecified atom stereocenters. The molecule has 0 aromatic heterocycles. The first-order valence-electron chi connectivity index (χ1n) is 6.69. The van der Waals surface area contributed by atoms with Gasteiger partial charge < -0.3 is 19.3 Å². The molecule has 0 fully saturated rings. The molecule has 1 atom stereocenters. The van der Waals surface area contributed by atoms with Gasteiger partial charge in [-0.2, -0.15) is 5.06 Å². The van der Waals surface area contributed by atoms with E-state index in [4.69, 9.17) is 23.9 Å². The SMILES string of the molecule is COc1cc(OCCCC(=O)O)cc(OC)c1CN(C)OP. The van der Waals surface area contributed by atoms with Gasteiger partial charge in [0.25, 0.3) is 0 Å². The zero-order chi connectivity index (χ0) is 16.5. The molecular weight excluding hydrogens is 309 g/mol. The van der Waals surface area contributed by atoms with Crippen LogP contribution in [0, 0.1) is 0 Å². The average Bonchev–Trinajstić information content (AvgIpc) is 2.51. The fourth-order valence-corrected chi connectivity index (χ4v) is 1.95. The molecule has 7 nitrogen and oxygen atoms in total. The third kappa shape index (κ3) is 5.67. The minimum absolute atomic E-state index is 0.0721. The monoisotopic (exact) mass is 331 g/mol. The number of methoxy groups -OCH3 is 2. The molecular formula is C14H22NO6P. The van der Waals surface area contributed by atoms with E-state index in [0.717, 1.165) is 5.56 Å². The van der Waals surface area contributed by atoms with Gasteiger partial charge in [-0.25, -0.2) is 0 Å². The van der Waals surface area contributed by atoms with E-state index in [1.165, 1.54) is 0 Å². The van der Waals surface area contributed by atoms with Crippen LogP contribution in [0.2, 0.25) is 0 Å². The summed E-state index contributed by atoms with van der Waals surface area (Å²) < 4.78 is 21.3. The number of ether oxygens (including phenoxy) is 3. The lowest BCUT2D eigenvalue weighted by atomic mass is 10.1. The topological polar surface area (TPSA) is 77.5 Å². The van der Waals surface area contributed by atoms with Gasteiger partial charge in [-0.1, -0.05) is 0 Å². The van der Waals surface area contributed by atoms with Crippen molar-refractivity contribution in [3.63, 3.8) is 0 Å². The van der Waals surface area contributed by atoms with Crippen LogP contribution in [-0.4, -0.2) is 44.0 Å². The predicted molar refractivity (Wildman–Crippen MR) is 84.2 cm³/mol. The molecule has 22 heavy (non-hydrogen) atoms. The highest BCUT2D eigenvalue weighted by atomic mass is 31.0. The second kappa shape index (κ2) is 9.46. The molecule has 0 aliphatic rings. The number of nitrogens with zero attached hydrogens (tertiary/aromatic N) is 1. The molecule has 0 saturated heterocycles. The van der Waals surface area contributed by atoms with Crippen LogP contribution in [0.5, 0.6) is 17.2 Å². The highest BCUT2D eigenvalue weighted by Gasteiger charge is 2.15. The van der Waals surface area contributed by atoms with Gasteiger partial charge in [-0.05, 0) is 6.42 Å². The van der Waals surface area contributed by atoms with Crippen LogP contribution in [0.25, 0.3) is 0 Å². The molecule has 0 saturated carbocycles. The Kier molecular flexibility index (Phi) is 7.95. The Labute approximate surface area is 132 Å². The number of rotatable bonds is 10. The van der Waals surface area contributed by atoms with Crippen molar-refractivity contribution in [2.24, 2.45) is 0 Å². The Morgan fingerprint density at radius 2 is 1.86 bits per heavy atom. The van der Waals surface area contributed by atoms with Gasteiger partial charge in [0.05, 0.1) is 32.9 Å². The molecule has 0 heterocycles. The fraction of sp³-hybridized carbons (Fsp3) is 0.500. The van der Waals surface area contributed by atoms with Gasteiger partial charge in [-0.15, -0.1) is 0 Å². The summed E-state index contributed by atoms with van der Waals surface area (Å²) in [6, 6.07) is 3.49. The normalized spacial score (nSPS) is 10.6. The van der Waals surface area contributed by atoms with E-state index in [2.05, 4.69) is 9.47 Å². The minimum atomic E-state index is -0.838. The van der Waals surface area contributed by atoms with Crippen molar-refractivity contribution >= 4 is 15.4 Å². The summed E-state index contributed by atoms with van der Waals surface area (Å²) in [6.07, 6.45) is 0.508. The maximum atomic E-state index is 10.5. The Hall–Kier alpha value is -1.56. The van der Waals surface area contributed by atoms with Crippen molar-refractivity contribution in [2.45, 2.75) is 19.4 Å². The molecule has 1 aromatic rings. The third-order valence-corrected chi connectivity index (χ3v) is 3.31. The van der Waals surface area contributed by atoms with Gasteiger partial charge >= 0.3 is 5.97 Å². The van der Waals surface area contributed by atoms with Crippen LogP contribution in [-0.2, 0) is 16.0 Å². The lowest BCUT2D eigenvalue weighted by Gasteiger charge is -2.19. The molecule has 0 aliphatic heterocycles. The first-order chi connectivity index (χ1) is 10.5. The lowest BCUT2D eigenvalue weighted by molar-refractivity contribution is -0.137. The molecule has 124 valence electrons. The summed E-state index contributed by atoms with van der Waals surface area (Å²) in [5.74, 6) is 0.954. The molecule has 1 rings (SSSR count). The summed E-state index contributed by atoms with van der Waals surface area (Å²) >= 11 is 0. The number of hydroxylamine groups is 2. The smallest absolute Gasteiger partial charge is 0.303 e. The van der Waals surface area contributed by atoms with Crippen LogP contribution in [0.1, 0.15) is 18.4 Å². The highest BCUT2D eigenvalue weighted by molar-refractivity contribution is 7.09. The van der Waals surface area contributed by atoms with Crippen LogP contribution in [0.15, 0.2) is 12.1 Å². The van der Waals surface area contributed by atoms with Gasteiger partial charge in [0.15, 0.2) is 0 Å². The quantitative estimate of drug-likeness (QED) is 0.400. The van der Waals surface area contributed by atoms with Crippen molar-refractivity contribution < 1.29 is 28.7 Å². The van der Waals surface area contributed by atoms with Crippen LogP contribution in [0.3, 0.4) is 0 Å². The van der Waals surface area contributed by atoms with E-state index < -0.39 is 5.97 Å². The van der Waals surface area contributed by atoms with E-state index in [1.807, 2.05) is 0 Å². The first-order valence-corrected chi connectivity index (χ1v) is 7.16. The summed E-state index contributed by atoms with van der Waals surface area (Å²) in [4.78, 5) is 10.5. The van der Waals surface area contributed by atoms with Gasteiger partial charge in [-0.3, -0.25) is 9.42 Å². The molecule has 0 spiro atoms. The van der Waals surface area contributed by atoms with E-state index >= 15 is 0 Å². The van der Waals surface area contributed by atoms with Crippen molar-refractivity contribution in [3.8, 4) is 17.2 Å². The van der Waals surface area contributed by atoms with Crippen molar-refractivity contribution in [1.82, 2.24) is 5.06 Å². The molecule has 1 aromatic carbocycles. The number of carbonyl (C=O) groups is 1. The van der Waals surface area contributed by atoms with Crippen LogP contribution in [0.4, 0.5) is 0 Å². The summed E-state index contributed by atoms with van der Waals surface area (Å²) in [7, 11) is 7.08. The standard InChI is InChI=1S/C14H22NO6P/c1-15(21-22)9-11-12(18-2)7-10(8-13(11)19-3)20-6-4-5-14(16)17/h7-8H,4-6,9,22H2,1-3H3,(H,16,17). The minimum Gasteiger partial charge on any atom is -0.496 e. The average molecular weight is 331 g/mol. The number of aliphatic carboxylic acids is 1. The second-order valence-corrected chi connectivity index (χ2v) is 4.75. The zero-order valence-corrected chi connectivity index (χ0v) is 14.2. The second-order valence-electron chi connectivity index (χ2n) is 4.54. The van der Waals surface area contributed by atoms with E-state index in [1.54, 1.807) is 38.5 Å². The number of carboxylic acid groups (broad SMARTS) is 1. The van der Waals surface area contributed by atoms with E-state index in [0.29, 0.717) is 36.8 Å². The summed E-state index contributed by atoms with van der Waals surface area (Å²) in [6.45, 7) is 0.779. The Morgan fingerprint density at radius 3 is 2.32 bits per heavy atom. The Morgan fingerprint density at radius 1 is 1.27 bits per heavy atom. The van der Waals surface area contributed by atoms with Crippen molar-refractivity contribution in [1.29, 1.82) is 0 Å². The molecule has 0 radical (unpaired) electrons. The Bertz CT molecular complexity index is 471. The molecule has 1 N–H and O–H groups in total.